The smallest absolute Gasteiger partial charge is 0.269 e. The molecule has 0 saturated carbocycles. The van der Waals surface area contributed by atoms with E-state index in [-0.39, 0.29) is 17.2 Å². The van der Waals surface area contributed by atoms with Gasteiger partial charge in [0.25, 0.3) is 15.7 Å². The summed E-state index contributed by atoms with van der Waals surface area (Å²) in [5.74, 6) is 0. The van der Waals surface area contributed by atoms with Crippen LogP contribution in [0.3, 0.4) is 0 Å². The van der Waals surface area contributed by atoms with Crippen LogP contribution in [0, 0.1) is 24.0 Å². The monoisotopic (exact) mass is 378 g/mol. The number of nitro benzene ring substituents is 1. The molecule has 140 valence electrons. The summed E-state index contributed by atoms with van der Waals surface area (Å²) >= 11 is 0. The van der Waals surface area contributed by atoms with Crippen LogP contribution in [0.15, 0.2) is 47.4 Å². The molecule has 0 heterocycles. The Morgan fingerprint density at radius 3 is 2.12 bits per heavy atom. The lowest BCUT2D eigenvalue weighted by Crippen LogP contribution is -2.42. The van der Waals surface area contributed by atoms with E-state index in [0.29, 0.717) is 5.69 Å². The van der Waals surface area contributed by atoms with E-state index in [1.165, 1.54) is 35.7 Å². The second-order valence-electron chi connectivity index (χ2n) is 6.10. The number of sulfonamides is 1. The highest BCUT2D eigenvalue weighted by Crippen LogP contribution is 2.32. The number of hydrogen-bond acceptors (Lipinski definition) is 5. The van der Waals surface area contributed by atoms with Crippen molar-refractivity contribution in [2.75, 3.05) is 18.0 Å². The predicted molar refractivity (Wildman–Crippen MR) is 100 cm³/mol. The number of hydrogen-bond donors (Lipinski definition) is 0. The fourth-order valence-corrected chi connectivity index (χ4v) is 4.66. The first-order valence-electron chi connectivity index (χ1n) is 8.04. The number of para-hydroxylation sites is 1. The molecule has 0 radical (unpaired) electrons. The van der Waals surface area contributed by atoms with Gasteiger partial charge in [-0.15, -0.1) is 0 Å². The number of rotatable bonds is 7. The van der Waals surface area contributed by atoms with Crippen LogP contribution < -0.4 is 4.31 Å². The molecule has 0 aliphatic carbocycles. The van der Waals surface area contributed by atoms with Crippen LogP contribution in [0.1, 0.15) is 18.1 Å². The fraction of sp³-hybridized carbons (Fsp3) is 0.333. The summed E-state index contributed by atoms with van der Waals surface area (Å²) in [5.41, 5.74) is 2.07. The van der Waals surface area contributed by atoms with Crippen LogP contribution >= 0.6 is 0 Å². The van der Waals surface area contributed by atoms with Gasteiger partial charge < -0.3 is 4.74 Å². The first kappa shape index (κ1) is 19.9. The molecule has 2 aromatic carbocycles. The first-order valence-corrected chi connectivity index (χ1v) is 9.48. The normalized spacial score (nSPS) is 12.6. The molecular formula is C18H22N2O5S. The van der Waals surface area contributed by atoms with Gasteiger partial charge in [-0.1, -0.05) is 18.2 Å². The lowest BCUT2D eigenvalue weighted by atomic mass is 10.1. The van der Waals surface area contributed by atoms with E-state index in [1.54, 1.807) is 6.92 Å². The van der Waals surface area contributed by atoms with Gasteiger partial charge in [0.2, 0.25) is 0 Å². The number of non-ortho nitro benzene ring substituents is 1. The van der Waals surface area contributed by atoms with Crippen LogP contribution in [-0.4, -0.2) is 33.1 Å². The maximum Gasteiger partial charge on any atom is 0.269 e. The second-order valence-corrected chi connectivity index (χ2v) is 7.91. The maximum absolute atomic E-state index is 13.3. The van der Waals surface area contributed by atoms with Gasteiger partial charge in [-0.05, 0) is 44.0 Å². The summed E-state index contributed by atoms with van der Waals surface area (Å²) in [6.07, 6.45) is 0. The van der Waals surface area contributed by atoms with Crippen LogP contribution in [0.25, 0.3) is 0 Å². The standard InChI is InChI=1S/C18H22N2O5S/c1-13-6-5-7-14(2)18(13)19(15(3)12-25-4)26(23,24)17-10-8-16(9-11-17)20(21)22/h5-11,15H,12H2,1-4H3/t15-/m0/s1. The van der Waals surface area contributed by atoms with Gasteiger partial charge in [-0.2, -0.15) is 0 Å². The minimum Gasteiger partial charge on any atom is -0.383 e. The number of nitrogens with zero attached hydrogens (tertiary/aromatic N) is 2. The first-order chi connectivity index (χ1) is 12.2. The molecule has 0 aliphatic rings. The average molecular weight is 378 g/mol. The van der Waals surface area contributed by atoms with Crippen molar-refractivity contribution in [3.63, 3.8) is 0 Å². The number of benzene rings is 2. The molecule has 2 rings (SSSR count). The van der Waals surface area contributed by atoms with Crippen LogP contribution in [0.5, 0.6) is 0 Å². The molecule has 0 aliphatic heterocycles. The van der Waals surface area contributed by atoms with Crippen LogP contribution in [0.2, 0.25) is 0 Å². The SMILES string of the molecule is COC[C@H](C)N(c1c(C)cccc1C)S(=O)(=O)c1ccc([N+](=O)[O-])cc1. The van der Waals surface area contributed by atoms with E-state index in [2.05, 4.69) is 0 Å². The van der Waals surface area contributed by atoms with E-state index >= 15 is 0 Å². The zero-order valence-electron chi connectivity index (χ0n) is 15.2. The summed E-state index contributed by atoms with van der Waals surface area (Å²) in [6, 6.07) is 10.0. The molecule has 7 nitrogen and oxygen atoms in total. The van der Waals surface area contributed by atoms with Crippen molar-refractivity contribution in [3.05, 3.63) is 63.7 Å². The maximum atomic E-state index is 13.3. The third-order valence-electron chi connectivity index (χ3n) is 4.07. The second kappa shape index (κ2) is 7.84. The van der Waals surface area contributed by atoms with Crippen molar-refractivity contribution in [1.29, 1.82) is 0 Å². The predicted octanol–water partition coefficient (Wildman–Crippen LogP) is 3.44. The van der Waals surface area contributed by atoms with Crippen molar-refractivity contribution in [3.8, 4) is 0 Å². The van der Waals surface area contributed by atoms with E-state index in [9.17, 15) is 18.5 Å². The van der Waals surface area contributed by atoms with Crippen molar-refractivity contribution in [2.45, 2.75) is 31.7 Å². The van der Waals surface area contributed by atoms with Gasteiger partial charge >= 0.3 is 0 Å². The molecule has 0 saturated heterocycles. The topological polar surface area (TPSA) is 89.8 Å². The number of aryl methyl sites for hydroxylation is 2. The molecule has 2 aromatic rings. The van der Waals surface area contributed by atoms with Gasteiger partial charge in [-0.25, -0.2) is 8.42 Å². The highest BCUT2D eigenvalue weighted by atomic mass is 32.2. The van der Waals surface area contributed by atoms with Crippen molar-refractivity contribution >= 4 is 21.4 Å². The van der Waals surface area contributed by atoms with Crippen LogP contribution in [0.4, 0.5) is 11.4 Å². The Morgan fingerprint density at radius 2 is 1.65 bits per heavy atom. The van der Waals surface area contributed by atoms with Gasteiger partial charge in [0.15, 0.2) is 0 Å². The molecule has 0 spiro atoms. The Balaban J connectivity index is 2.62. The van der Waals surface area contributed by atoms with Crippen molar-refractivity contribution < 1.29 is 18.1 Å². The van der Waals surface area contributed by atoms with E-state index in [0.717, 1.165) is 11.1 Å². The zero-order valence-corrected chi connectivity index (χ0v) is 16.0. The Kier molecular flexibility index (Phi) is 5.99. The number of anilines is 1. The van der Waals surface area contributed by atoms with E-state index in [1.807, 2.05) is 32.0 Å². The van der Waals surface area contributed by atoms with E-state index in [4.69, 9.17) is 4.74 Å². The summed E-state index contributed by atoms with van der Waals surface area (Å²) < 4.78 is 33.2. The third kappa shape index (κ3) is 3.86. The molecule has 0 N–H and O–H groups in total. The quantitative estimate of drug-likeness (QED) is 0.544. The van der Waals surface area contributed by atoms with Gasteiger partial charge in [-0.3, -0.25) is 14.4 Å². The molecule has 0 unspecified atom stereocenters. The van der Waals surface area contributed by atoms with E-state index < -0.39 is 21.0 Å². The molecule has 26 heavy (non-hydrogen) atoms. The molecular weight excluding hydrogens is 356 g/mol. The van der Waals surface area contributed by atoms with Crippen molar-refractivity contribution in [2.24, 2.45) is 0 Å². The highest BCUT2D eigenvalue weighted by Gasteiger charge is 2.31. The van der Waals surface area contributed by atoms with Gasteiger partial charge in [0.1, 0.15) is 0 Å². The Bertz CT molecular complexity index is 874. The Hall–Kier alpha value is -2.45. The molecule has 0 fully saturated rings. The third-order valence-corrected chi connectivity index (χ3v) is 6.00. The Morgan fingerprint density at radius 1 is 1.12 bits per heavy atom. The number of ether oxygens (including phenoxy) is 1. The number of methoxy groups -OCH3 is 1. The van der Waals surface area contributed by atoms with Crippen molar-refractivity contribution in [1.82, 2.24) is 0 Å². The average Bonchev–Trinajstić information content (AvgIpc) is 2.58. The lowest BCUT2D eigenvalue weighted by Gasteiger charge is -2.32. The summed E-state index contributed by atoms with van der Waals surface area (Å²) in [4.78, 5) is 10.3. The molecule has 0 amide bonds. The highest BCUT2D eigenvalue weighted by molar-refractivity contribution is 7.92. The molecule has 1 atom stereocenters. The minimum absolute atomic E-state index is 0.00583. The molecule has 0 aromatic heterocycles. The largest absolute Gasteiger partial charge is 0.383 e. The molecule has 0 bridgehead atoms. The fourth-order valence-electron chi connectivity index (χ4n) is 2.89. The summed E-state index contributed by atoms with van der Waals surface area (Å²) in [5, 5.41) is 10.8. The minimum atomic E-state index is -3.93. The van der Waals surface area contributed by atoms with Crippen LogP contribution in [-0.2, 0) is 14.8 Å². The van der Waals surface area contributed by atoms with Gasteiger partial charge in [0.05, 0.1) is 28.2 Å². The zero-order chi connectivity index (χ0) is 19.5. The summed E-state index contributed by atoms with van der Waals surface area (Å²) in [6.45, 7) is 5.67. The number of nitro groups is 1. The lowest BCUT2D eigenvalue weighted by molar-refractivity contribution is -0.384. The van der Waals surface area contributed by atoms with Gasteiger partial charge in [0, 0.05) is 19.2 Å². The molecule has 8 heteroatoms. The Labute approximate surface area is 153 Å². The summed E-state index contributed by atoms with van der Waals surface area (Å²) in [7, 11) is -2.42.